The fourth-order valence-electron chi connectivity index (χ4n) is 5.93. The summed E-state index contributed by atoms with van der Waals surface area (Å²) in [4.78, 5) is 15.4. The van der Waals surface area contributed by atoms with Gasteiger partial charge in [-0.1, -0.05) is 127 Å². The van der Waals surface area contributed by atoms with Crippen LogP contribution in [0, 0.1) is 6.92 Å². The Morgan fingerprint density at radius 3 is 1.24 bits per heavy atom. The van der Waals surface area contributed by atoms with E-state index in [9.17, 15) is 0 Å². The van der Waals surface area contributed by atoms with E-state index in [-0.39, 0.29) is 0 Å². The van der Waals surface area contributed by atoms with Gasteiger partial charge in [-0.15, -0.1) is 0 Å². The van der Waals surface area contributed by atoms with E-state index in [1.54, 1.807) is 0 Å². The summed E-state index contributed by atoms with van der Waals surface area (Å²) in [5.41, 5.74) is 4.17. The topological polar surface area (TPSA) is 38.7 Å². The predicted molar refractivity (Wildman–Crippen MR) is 171 cm³/mol. The lowest BCUT2D eigenvalue weighted by atomic mass is 9.96. The van der Waals surface area contributed by atoms with Crippen LogP contribution in [0.4, 0.5) is 0 Å². The third-order valence-corrected chi connectivity index (χ3v) is 7.96. The standard InChI is InChI=1S/C38H25N3/c1-24-18-20-25(21-19-24)36-39-37(34-22-26-10-2-4-12-28(26)30-14-6-8-16-32(30)34)41-38(40-36)35-23-27-11-3-5-13-29(27)31-15-7-9-17-33(31)35/h2-23H,1H3. The SMILES string of the molecule is Cc1ccc(-c2nc(-c3cc4ccccc4c4ccccc34)nc(-c3cc4ccccc4c4ccccc34)n2)cc1. The second-order valence-electron chi connectivity index (χ2n) is 10.6. The minimum Gasteiger partial charge on any atom is -0.208 e. The van der Waals surface area contributed by atoms with Crippen molar-refractivity contribution in [2.75, 3.05) is 0 Å². The maximum atomic E-state index is 5.21. The molecule has 0 saturated carbocycles. The minimum atomic E-state index is 0.666. The van der Waals surface area contributed by atoms with Crippen molar-refractivity contribution in [2.45, 2.75) is 6.92 Å². The maximum absolute atomic E-state index is 5.21. The summed E-state index contributed by atoms with van der Waals surface area (Å²) in [6, 6.07) is 46.9. The summed E-state index contributed by atoms with van der Waals surface area (Å²) < 4.78 is 0. The monoisotopic (exact) mass is 523 g/mol. The van der Waals surface area contributed by atoms with E-state index in [4.69, 9.17) is 15.0 Å². The Bertz CT molecular complexity index is 2130. The Hall–Kier alpha value is -5.41. The van der Waals surface area contributed by atoms with E-state index in [1.165, 1.54) is 27.1 Å². The molecular weight excluding hydrogens is 498 g/mol. The van der Waals surface area contributed by atoms with Crippen molar-refractivity contribution in [3.63, 3.8) is 0 Å². The molecular formula is C38H25N3. The molecule has 0 bridgehead atoms. The molecule has 8 rings (SSSR count). The zero-order chi connectivity index (χ0) is 27.3. The molecule has 3 heteroatoms. The Balaban J connectivity index is 1.47. The fourth-order valence-corrected chi connectivity index (χ4v) is 5.93. The number of fused-ring (bicyclic) bond motifs is 6. The van der Waals surface area contributed by atoms with Gasteiger partial charge in [-0.3, -0.25) is 0 Å². The van der Waals surface area contributed by atoms with Gasteiger partial charge < -0.3 is 0 Å². The highest BCUT2D eigenvalue weighted by molar-refractivity contribution is 6.14. The van der Waals surface area contributed by atoms with Crippen LogP contribution < -0.4 is 0 Å². The molecule has 41 heavy (non-hydrogen) atoms. The van der Waals surface area contributed by atoms with Gasteiger partial charge in [-0.05, 0) is 62.1 Å². The van der Waals surface area contributed by atoms with Crippen LogP contribution in [-0.2, 0) is 0 Å². The van der Waals surface area contributed by atoms with E-state index >= 15 is 0 Å². The van der Waals surface area contributed by atoms with Crippen LogP contribution in [0.25, 0.3) is 77.3 Å². The Morgan fingerprint density at radius 1 is 0.366 bits per heavy atom. The summed E-state index contributed by atoms with van der Waals surface area (Å²) in [5.74, 6) is 2.01. The van der Waals surface area contributed by atoms with Gasteiger partial charge in [0.25, 0.3) is 0 Å². The van der Waals surface area contributed by atoms with Crippen LogP contribution in [0.3, 0.4) is 0 Å². The van der Waals surface area contributed by atoms with Gasteiger partial charge in [0, 0.05) is 16.7 Å². The molecule has 1 heterocycles. The molecule has 0 spiro atoms. The van der Waals surface area contributed by atoms with Crippen molar-refractivity contribution in [1.82, 2.24) is 15.0 Å². The summed E-state index contributed by atoms with van der Waals surface area (Å²) >= 11 is 0. The van der Waals surface area contributed by atoms with Gasteiger partial charge in [0.2, 0.25) is 0 Å². The third kappa shape index (κ3) is 3.94. The van der Waals surface area contributed by atoms with Gasteiger partial charge in [0.05, 0.1) is 0 Å². The van der Waals surface area contributed by atoms with Crippen LogP contribution in [0.2, 0.25) is 0 Å². The summed E-state index contributed by atoms with van der Waals surface area (Å²) in [5, 5.41) is 9.41. The van der Waals surface area contributed by atoms with E-state index in [2.05, 4.69) is 140 Å². The zero-order valence-corrected chi connectivity index (χ0v) is 22.5. The first-order chi connectivity index (χ1) is 20.2. The molecule has 0 saturated heterocycles. The highest BCUT2D eigenvalue weighted by Gasteiger charge is 2.18. The number of hydrogen-bond donors (Lipinski definition) is 0. The molecule has 0 unspecified atom stereocenters. The largest absolute Gasteiger partial charge is 0.208 e. The van der Waals surface area contributed by atoms with Crippen LogP contribution in [0.15, 0.2) is 133 Å². The number of benzene rings is 7. The lowest BCUT2D eigenvalue weighted by Crippen LogP contribution is -2.01. The quantitative estimate of drug-likeness (QED) is 0.216. The molecule has 0 atom stereocenters. The lowest BCUT2D eigenvalue weighted by molar-refractivity contribution is 1.08. The molecule has 1 aromatic heterocycles. The molecule has 0 fully saturated rings. The van der Waals surface area contributed by atoms with Gasteiger partial charge >= 0.3 is 0 Å². The maximum Gasteiger partial charge on any atom is 0.164 e. The second kappa shape index (κ2) is 9.35. The van der Waals surface area contributed by atoms with Crippen molar-refractivity contribution in [3.05, 3.63) is 139 Å². The number of hydrogen-bond acceptors (Lipinski definition) is 3. The molecule has 8 aromatic rings. The Labute approximate surface area is 237 Å². The number of rotatable bonds is 3. The van der Waals surface area contributed by atoms with Gasteiger partial charge in [0.15, 0.2) is 17.5 Å². The lowest BCUT2D eigenvalue weighted by Gasteiger charge is -2.14. The van der Waals surface area contributed by atoms with Crippen molar-refractivity contribution < 1.29 is 0 Å². The van der Waals surface area contributed by atoms with Crippen molar-refractivity contribution in [3.8, 4) is 34.2 Å². The van der Waals surface area contributed by atoms with Gasteiger partial charge in [0.1, 0.15) is 0 Å². The Kier molecular flexibility index (Phi) is 5.36. The number of aromatic nitrogens is 3. The van der Waals surface area contributed by atoms with Crippen molar-refractivity contribution in [1.29, 1.82) is 0 Å². The zero-order valence-electron chi connectivity index (χ0n) is 22.5. The number of aryl methyl sites for hydroxylation is 1. The molecule has 0 radical (unpaired) electrons. The normalized spacial score (nSPS) is 11.5. The molecule has 7 aromatic carbocycles. The minimum absolute atomic E-state index is 0.666. The van der Waals surface area contributed by atoms with Gasteiger partial charge in [-0.2, -0.15) is 0 Å². The first kappa shape index (κ1) is 23.5. The average Bonchev–Trinajstić information content (AvgIpc) is 3.04. The van der Waals surface area contributed by atoms with Crippen LogP contribution in [0.1, 0.15) is 5.56 Å². The van der Waals surface area contributed by atoms with E-state index in [0.29, 0.717) is 17.5 Å². The van der Waals surface area contributed by atoms with Crippen molar-refractivity contribution in [2.24, 2.45) is 0 Å². The van der Waals surface area contributed by atoms with E-state index in [0.717, 1.165) is 38.2 Å². The van der Waals surface area contributed by atoms with E-state index < -0.39 is 0 Å². The molecule has 0 aliphatic carbocycles. The molecule has 192 valence electrons. The van der Waals surface area contributed by atoms with Crippen LogP contribution in [0.5, 0.6) is 0 Å². The molecule has 0 aliphatic rings. The molecule has 3 nitrogen and oxygen atoms in total. The first-order valence-electron chi connectivity index (χ1n) is 13.9. The molecule has 0 aliphatic heterocycles. The van der Waals surface area contributed by atoms with Crippen molar-refractivity contribution >= 4 is 43.1 Å². The number of nitrogens with zero attached hydrogens (tertiary/aromatic N) is 3. The summed E-state index contributed by atoms with van der Waals surface area (Å²) in [6.45, 7) is 2.09. The smallest absolute Gasteiger partial charge is 0.164 e. The first-order valence-corrected chi connectivity index (χ1v) is 13.9. The highest BCUT2D eigenvalue weighted by atomic mass is 15.0. The summed E-state index contributed by atoms with van der Waals surface area (Å²) in [7, 11) is 0. The second-order valence-corrected chi connectivity index (χ2v) is 10.6. The van der Waals surface area contributed by atoms with Crippen LogP contribution >= 0.6 is 0 Å². The predicted octanol–water partition coefficient (Wildman–Crippen LogP) is 9.79. The van der Waals surface area contributed by atoms with E-state index in [1.807, 2.05) is 0 Å². The third-order valence-electron chi connectivity index (χ3n) is 7.96. The van der Waals surface area contributed by atoms with Crippen LogP contribution in [-0.4, -0.2) is 15.0 Å². The molecule has 0 amide bonds. The molecule has 0 N–H and O–H groups in total. The van der Waals surface area contributed by atoms with Gasteiger partial charge in [-0.25, -0.2) is 15.0 Å². The Morgan fingerprint density at radius 2 is 0.756 bits per heavy atom. The summed E-state index contributed by atoms with van der Waals surface area (Å²) in [6.07, 6.45) is 0. The fraction of sp³-hybridized carbons (Fsp3) is 0.0263. The average molecular weight is 524 g/mol. The highest BCUT2D eigenvalue weighted by Crippen LogP contribution is 2.37.